The van der Waals surface area contributed by atoms with Gasteiger partial charge in [-0.3, -0.25) is 4.79 Å². The quantitative estimate of drug-likeness (QED) is 0.697. The topological polar surface area (TPSA) is 17.1 Å². The van der Waals surface area contributed by atoms with E-state index in [0.29, 0.717) is 17.6 Å². The highest BCUT2D eigenvalue weighted by Crippen LogP contribution is 2.43. The molecule has 0 heterocycles. The summed E-state index contributed by atoms with van der Waals surface area (Å²) in [5, 5.41) is 0. The van der Waals surface area contributed by atoms with E-state index >= 15 is 0 Å². The summed E-state index contributed by atoms with van der Waals surface area (Å²) < 4.78 is 0. The zero-order chi connectivity index (χ0) is 10.1. The number of ketones is 1. The van der Waals surface area contributed by atoms with Gasteiger partial charge >= 0.3 is 0 Å². The Kier molecular flexibility index (Phi) is 2.40. The second kappa shape index (κ2) is 3.56. The lowest BCUT2D eigenvalue weighted by atomic mass is 9.64. The van der Waals surface area contributed by atoms with Gasteiger partial charge in [0.15, 0.2) is 0 Å². The van der Waals surface area contributed by atoms with Gasteiger partial charge in [-0.2, -0.15) is 0 Å². The molecule has 0 N–H and O–H groups in total. The van der Waals surface area contributed by atoms with Gasteiger partial charge in [-0.05, 0) is 11.5 Å². The lowest BCUT2D eigenvalue weighted by Crippen LogP contribution is -2.38. The van der Waals surface area contributed by atoms with Crippen LogP contribution in [0.5, 0.6) is 0 Å². The molecule has 2 unspecified atom stereocenters. The highest BCUT2D eigenvalue weighted by molar-refractivity contribution is 5.89. The van der Waals surface area contributed by atoms with Gasteiger partial charge in [0.25, 0.3) is 0 Å². The van der Waals surface area contributed by atoms with Gasteiger partial charge in [-0.1, -0.05) is 44.2 Å². The summed E-state index contributed by atoms with van der Waals surface area (Å²) in [4.78, 5) is 11.5. The van der Waals surface area contributed by atoms with Crippen LogP contribution in [-0.2, 0) is 4.79 Å². The molecule has 0 radical (unpaired) electrons. The van der Waals surface area contributed by atoms with Crippen molar-refractivity contribution in [2.24, 2.45) is 11.8 Å². The van der Waals surface area contributed by atoms with Crippen molar-refractivity contribution in [3.63, 3.8) is 0 Å². The van der Waals surface area contributed by atoms with Gasteiger partial charge in [-0.15, -0.1) is 0 Å². The average molecular weight is 188 g/mol. The van der Waals surface area contributed by atoms with E-state index in [2.05, 4.69) is 38.1 Å². The Balaban J connectivity index is 2.18. The molecule has 1 aromatic rings. The van der Waals surface area contributed by atoms with E-state index in [0.717, 1.165) is 6.42 Å². The van der Waals surface area contributed by atoms with Gasteiger partial charge in [0.05, 0.1) is 0 Å². The van der Waals surface area contributed by atoms with E-state index in [1.54, 1.807) is 0 Å². The van der Waals surface area contributed by atoms with Gasteiger partial charge in [0.2, 0.25) is 0 Å². The number of carbonyl (C=O) groups excluding carboxylic acids is 1. The first kappa shape index (κ1) is 9.45. The van der Waals surface area contributed by atoms with E-state index in [1.807, 2.05) is 6.07 Å². The van der Waals surface area contributed by atoms with Crippen LogP contribution >= 0.6 is 0 Å². The summed E-state index contributed by atoms with van der Waals surface area (Å²) in [5.74, 6) is 1.65. The first-order valence-corrected chi connectivity index (χ1v) is 5.28. The summed E-state index contributed by atoms with van der Waals surface area (Å²) in [5.41, 5.74) is 1.32. The second-order valence-electron chi connectivity index (χ2n) is 4.46. The molecule has 1 aromatic carbocycles. The Morgan fingerprint density at radius 3 is 2.36 bits per heavy atom. The molecule has 1 fully saturated rings. The first-order chi connectivity index (χ1) is 6.70. The predicted octanol–water partition coefficient (Wildman–Crippen LogP) is 3.02. The maximum absolute atomic E-state index is 11.5. The Labute approximate surface area is 85.1 Å². The van der Waals surface area contributed by atoms with E-state index in [9.17, 15) is 4.79 Å². The number of rotatable bonds is 2. The normalized spacial score (nSPS) is 26.4. The molecule has 1 heteroatoms. The minimum atomic E-state index is 0.261. The largest absolute Gasteiger partial charge is 0.299 e. The molecule has 14 heavy (non-hydrogen) atoms. The summed E-state index contributed by atoms with van der Waals surface area (Å²) in [6.07, 6.45) is 0.743. The Morgan fingerprint density at radius 1 is 1.21 bits per heavy atom. The van der Waals surface area contributed by atoms with Crippen LogP contribution in [0.1, 0.15) is 31.7 Å². The third-order valence-corrected chi connectivity index (χ3v) is 3.17. The van der Waals surface area contributed by atoms with Crippen molar-refractivity contribution in [1.29, 1.82) is 0 Å². The van der Waals surface area contributed by atoms with Gasteiger partial charge < -0.3 is 0 Å². The van der Waals surface area contributed by atoms with Crippen LogP contribution in [0.2, 0.25) is 0 Å². The van der Waals surface area contributed by atoms with Crippen LogP contribution in [0.4, 0.5) is 0 Å². The molecule has 1 nitrogen and oxygen atoms in total. The zero-order valence-electron chi connectivity index (χ0n) is 8.73. The monoisotopic (exact) mass is 188 g/mol. The molecule has 0 bridgehead atoms. The molecule has 1 saturated carbocycles. The van der Waals surface area contributed by atoms with Crippen LogP contribution < -0.4 is 0 Å². The number of hydrogen-bond donors (Lipinski definition) is 0. The summed E-state index contributed by atoms with van der Waals surface area (Å²) in [6.45, 7) is 4.27. The van der Waals surface area contributed by atoms with Gasteiger partial charge in [0, 0.05) is 18.3 Å². The number of benzene rings is 1. The standard InChI is InChI=1S/C13H16O/c1-9(2)13-11(8-12(13)14)10-6-4-3-5-7-10/h3-7,9,11,13H,8H2,1-2H3. The fourth-order valence-electron chi connectivity index (χ4n) is 2.41. The van der Waals surface area contributed by atoms with Crippen molar-refractivity contribution < 1.29 is 4.79 Å². The van der Waals surface area contributed by atoms with E-state index < -0.39 is 0 Å². The minimum absolute atomic E-state index is 0.261. The van der Waals surface area contributed by atoms with Crippen molar-refractivity contribution in [2.75, 3.05) is 0 Å². The molecule has 2 rings (SSSR count). The first-order valence-electron chi connectivity index (χ1n) is 5.28. The molecule has 0 aromatic heterocycles. The van der Waals surface area contributed by atoms with E-state index in [4.69, 9.17) is 0 Å². The smallest absolute Gasteiger partial charge is 0.137 e. The summed E-state index contributed by atoms with van der Waals surface area (Å²) >= 11 is 0. The molecule has 1 aliphatic carbocycles. The zero-order valence-corrected chi connectivity index (χ0v) is 8.73. The summed E-state index contributed by atoms with van der Waals surface area (Å²) in [7, 11) is 0. The SMILES string of the molecule is CC(C)C1C(=O)CC1c1ccccc1. The average Bonchev–Trinajstić information content (AvgIpc) is 2.14. The molecule has 0 saturated heterocycles. The van der Waals surface area contributed by atoms with Crippen molar-refractivity contribution >= 4 is 5.78 Å². The lowest BCUT2D eigenvalue weighted by molar-refractivity contribution is -0.133. The van der Waals surface area contributed by atoms with Gasteiger partial charge in [-0.25, -0.2) is 0 Å². The van der Waals surface area contributed by atoms with Crippen LogP contribution in [0.15, 0.2) is 30.3 Å². The van der Waals surface area contributed by atoms with Crippen molar-refractivity contribution in [3.05, 3.63) is 35.9 Å². The second-order valence-corrected chi connectivity index (χ2v) is 4.46. The molecular formula is C13H16O. The molecule has 74 valence electrons. The molecule has 0 amide bonds. The van der Waals surface area contributed by atoms with Crippen LogP contribution in [0.25, 0.3) is 0 Å². The lowest BCUT2D eigenvalue weighted by Gasteiger charge is -2.38. The van der Waals surface area contributed by atoms with E-state index in [-0.39, 0.29) is 5.92 Å². The van der Waals surface area contributed by atoms with Crippen molar-refractivity contribution in [2.45, 2.75) is 26.2 Å². The molecule has 0 aliphatic heterocycles. The number of Topliss-reactive ketones (excluding diaryl/α,β-unsaturated/α-hetero) is 1. The van der Waals surface area contributed by atoms with Gasteiger partial charge in [0.1, 0.15) is 5.78 Å². The maximum atomic E-state index is 11.5. The predicted molar refractivity (Wildman–Crippen MR) is 57.1 cm³/mol. The third kappa shape index (κ3) is 1.47. The summed E-state index contributed by atoms with van der Waals surface area (Å²) in [6, 6.07) is 10.4. The van der Waals surface area contributed by atoms with E-state index in [1.165, 1.54) is 5.56 Å². The molecule has 1 aliphatic rings. The minimum Gasteiger partial charge on any atom is -0.299 e. The highest BCUT2D eigenvalue weighted by atomic mass is 16.1. The van der Waals surface area contributed by atoms with Crippen molar-refractivity contribution in [3.8, 4) is 0 Å². The Bertz CT molecular complexity index is 326. The Hall–Kier alpha value is -1.11. The molecular weight excluding hydrogens is 172 g/mol. The maximum Gasteiger partial charge on any atom is 0.137 e. The van der Waals surface area contributed by atoms with Crippen LogP contribution in [0, 0.1) is 11.8 Å². The molecule has 0 spiro atoms. The number of carbonyl (C=O) groups is 1. The number of hydrogen-bond acceptors (Lipinski definition) is 1. The van der Waals surface area contributed by atoms with Crippen LogP contribution in [-0.4, -0.2) is 5.78 Å². The molecule has 2 atom stereocenters. The fraction of sp³-hybridized carbons (Fsp3) is 0.462. The third-order valence-electron chi connectivity index (χ3n) is 3.17. The highest BCUT2D eigenvalue weighted by Gasteiger charge is 2.41. The fourth-order valence-corrected chi connectivity index (χ4v) is 2.41. The van der Waals surface area contributed by atoms with Crippen LogP contribution in [0.3, 0.4) is 0 Å². The Morgan fingerprint density at radius 2 is 1.86 bits per heavy atom. The van der Waals surface area contributed by atoms with Crippen molar-refractivity contribution in [1.82, 2.24) is 0 Å².